The van der Waals surface area contributed by atoms with E-state index < -0.39 is 5.41 Å². The van der Waals surface area contributed by atoms with Gasteiger partial charge in [0.05, 0.1) is 5.41 Å². The van der Waals surface area contributed by atoms with Crippen molar-refractivity contribution in [1.29, 1.82) is 0 Å². The minimum Gasteiger partial charge on any atom is -0.399 e. The van der Waals surface area contributed by atoms with Crippen molar-refractivity contribution in [2.24, 2.45) is 0 Å². The molecule has 2 unspecified atom stereocenters. The van der Waals surface area contributed by atoms with Crippen LogP contribution in [0.15, 0.2) is 115 Å². The van der Waals surface area contributed by atoms with E-state index in [1.807, 2.05) is 18.2 Å². The third-order valence-corrected chi connectivity index (χ3v) is 13.3. The number of benzene rings is 6. The van der Waals surface area contributed by atoms with E-state index in [1.54, 1.807) is 0 Å². The molecule has 3 aliphatic rings. The van der Waals surface area contributed by atoms with Gasteiger partial charge in [0, 0.05) is 22.5 Å². The number of anilines is 2. The Bertz CT molecular complexity index is 2550. The van der Waals surface area contributed by atoms with E-state index in [0.29, 0.717) is 11.7 Å². The first-order valence-corrected chi connectivity index (χ1v) is 20.3. The summed E-state index contributed by atoms with van der Waals surface area (Å²) in [6, 6.07) is 42.4. The third-order valence-electron chi connectivity index (χ3n) is 13.3. The summed E-state index contributed by atoms with van der Waals surface area (Å²) in [5, 5.41) is 0. The normalized spacial score (nSPS) is 16.9. The Morgan fingerprint density at radius 1 is 0.527 bits per heavy atom. The summed E-state index contributed by atoms with van der Waals surface area (Å²) in [5.74, 6) is 1.21. The molecule has 1 aliphatic carbocycles. The van der Waals surface area contributed by atoms with E-state index in [2.05, 4.69) is 146 Å². The van der Waals surface area contributed by atoms with Crippen LogP contribution < -0.4 is 33.3 Å². The lowest BCUT2D eigenvalue weighted by molar-refractivity contribution is 0.104. The van der Waals surface area contributed by atoms with Gasteiger partial charge in [0.1, 0.15) is 0 Å². The maximum absolute atomic E-state index is 13.9. The van der Waals surface area contributed by atoms with Crippen molar-refractivity contribution in [3.63, 3.8) is 0 Å². The number of nitrogen functional groups attached to an aromatic ring is 2. The lowest BCUT2D eigenvalue weighted by Gasteiger charge is -2.44. The molecule has 9 rings (SSSR count). The molecule has 6 aromatic carbocycles. The minimum atomic E-state index is -0.486. The average Bonchev–Trinajstić information content (AvgIpc) is 3.45. The zero-order valence-corrected chi connectivity index (χ0v) is 33.2. The highest BCUT2D eigenvalue weighted by Crippen LogP contribution is 2.57. The van der Waals surface area contributed by atoms with Crippen LogP contribution in [-0.4, -0.2) is 19.2 Å². The first-order valence-electron chi connectivity index (χ1n) is 20.3. The zero-order chi connectivity index (χ0) is 38.5. The highest BCUT2D eigenvalue weighted by atomic mass is 16.1. The first kappa shape index (κ1) is 35.4. The van der Waals surface area contributed by atoms with Crippen LogP contribution in [0.5, 0.6) is 0 Å². The van der Waals surface area contributed by atoms with Crippen molar-refractivity contribution in [1.82, 2.24) is 0 Å². The lowest BCUT2D eigenvalue weighted by atomic mass is 9.28. The molecule has 0 radical (unpaired) electrons. The van der Waals surface area contributed by atoms with Crippen molar-refractivity contribution in [3.8, 4) is 11.1 Å². The van der Waals surface area contributed by atoms with Gasteiger partial charge < -0.3 is 11.5 Å². The molecular formula is C50H50B2N2O. The van der Waals surface area contributed by atoms with Crippen LogP contribution in [0.25, 0.3) is 11.1 Å². The van der Waals surface area contributed by atoms with Gasteiger partial charge in [-0.3, -0.25) is 4.79 Å². The number of hydrogen-bond donors (Lipinski definition) is 2. The van der Waals surface area contributed by atoms with Crippen LogP contribution in [0, 0.1) is 0 Å². The van der Waals surface area contributed by atoms with E-state index in [4.69, 9.17) is 11.5 Å². The lowest BCUT2D eigenvalue weighted by Crippen LogP contribution is -2.58. The van der Waals surface area contributed by atoms with Crippen LogP contribution in [0.1, 0.15) is 115 Å². The molecule has 0 bridgehead atoms. The second kappa shape index (κ2) is 12.9. The summed E-state index contributed by atoms with van der Waals surface area (Å²) in [6.45, 7) is 16.0. The Balaban J connectivity index is 1.23. The topological polar surface area (TPSA) is 69.1 Å². The molecule has 55 heavy (non-hydrogen) atoms. The summed E-state index contributed by atoms with van der Waals surface area (Å²) in [4.78, 5) is 13.9. The third kappa shape index (κ3) is 4.94. The largest absolute Gasteiger partial charge is 0.399 e. The molecule has 4 N–H and O–H groups in total. The van der Waals surface area contributed by atoms with Gasteiger partial charge in [0.15, 0.2) is 5.78 Å². The molecule has 0 amide bonds. The van der Waals surface area contributed by atoms with Crippen molar-refractivity contribution in [2.75, 3.05) is 11.5 Å². The summed E-state index contributed by atoms with van der Waals surface area (Å²) >= 11 is 0. The number of nitrogens with two attached hydrogens (primary N) is 2. The van der Waals surface area contributed by atoms with Gasteiger partial charge in [0.2, 0.25) is 13.4 Å². The van der Waals surface area contributed by atoms with Gasteiger partial charge in [0.25, 0.3) is 0 Å². The fourth-order valence-electron chi connectivity index (χ4n) is 11.0. The average molecular weight is 717 g/mol. The summed E-state index contributed by atoms with van der Waals surface area (Å²) < 4.78 is 0. The second-order valence-electron chi connectivity index (χ2n) is 17.4. The van der Waals surface area contributed by atoms with Crippen molar-refractivity contribution in [2.45, 2.75) is 83.8 Å². The van der Waals surface area contributed by atoms with Gasteiger partial charge in [-0.05, 0) is 79.3 Å². The molecule has 0 aromatic heterocycles. The van der Waals surface area contributed by atoms with Crippen molar-refractivity contribution < 1.29 is 4.79 Å². The Kier molecular flexibility index (Phi) is 8.31. The quantitative estimate of drug-likeness (QED) is 0.134. The second-order valence-corrected chi connectivity index (χ2v) is 17.4. The van der Waals surface area contributed by atoms with E-state index in [-0.39, 0.29) is 30.9 Å². The molecule has 1 spiro atoms. The van der Waals surface area contributed by atoms with E-state index in [1.165, 1.54) is 55.4 Å². The van der Waals surface area contributed by atoms with Gasteiger partial charge in [-0.1, -0.05) is 186 Å². The summed E-state index contributed by atoms with van der Waals surface area (Å²) in [5.41, 5.74) is 33.4. The minimum absolute atomic E-state index is 0.00215. The molecule has 5 heteroatoms. The molecular weight excluding hydrogens is 666 g/mol. The Morgan fingerprint density at radius 2 is 1.09 bits per heavy atom. The Labute approximate surface area is 327 Å². The molecule has 0 fully saturated rings. The molecule has 2 heterocycles. The van der Waals surface area contributed by atoms with Crippen molar-refractivity contribution >= 4 is 52.4 Å². The number of carbonyl (C=O) groups excluding carboxylic acids is 1. The molecule has 0 saturated carbocycles. The highest BCUT2D eigenvalue weighted by Gasteiger charge is 2.53. The smallest absolute Gasteiger partial charge is 0.217 e. The highest BCUT2D eigenvalue weighted by molar-refractivity contribution is 6.90. The zero-order valence-electron chi connectivity index (χ0n) is 33.2. The molecule has 2 atom stereocenters. The number of hydrogen-bond acceptors (Lipinski definition) is 3. The van der Waals surface area contributed by atoms with Gasteiger partial charge in [-0.2, -0.15) is 0 Å². The van der Waals surface area contributed by atoms with Crippen LogP contribution in [0.3, 0.4) is 0 Å². The van der Waals surface area contributed by atoms with Crippen LogP contribution in [0.2, 0.25) is 11.6 Å². The van der Waals surface area contributed by atoms with Crippen molar-refractivity contribution in [3.05, 3.63) is 165 Å². The number of ketones is 1. The van der Waals surface area contributed by atoms with E-state index in [0.717, 1.165) is 45.4 Å². The first-order chi connectivity index (χ1) is 26.5. The SMILES string of the molecule is CC(C)B1c2ccccc2C2(c3ccccc3-c3cc(CC(C)B4c5ccccc5C(=O)c5ccc(C(C)C)c(N)c54)ccc32)c2ccc(C(C)C)c(N)c21. The fraction of sp³-hybridized carbons (Fsp3) is 0.260. The van der Waals surface area contributed by atoms with Crippen LogP contribution in [-0.2, 0) is 11.8 Å². The van der Waals surface area contributed by atoms with E-state index in [9.17, 15) is 4.79 Å². The van der Waals surface area contributed by atoms with Gasteiger partial charge in [-0.15, -0.1) is 0 Å². The van der Waals surface area contributed by atoms with Gasteiger partial charge in [-0.25, -0.2) is 0 Å². The fourth-order valence-corrected chi connectivity index (χ4v) is 11.0. The molecule has 6 aromatic rings. The standard InChI is InChI=1S/C50H50B2N2O/c1-28(2)33-21-22-37-45(47(33)53)52(43-18-12-9-15-36(43)49(37)55)31(7)26-32-20-24-40-38(27-32)35-14-8-10-16-39(35)50(40)41-17-11-13-19-44(41)51(30(5)6)46-42(50)25-23-34(29(3)4)48(46)54/h8-25,27-31H,26,53-54H2,1-7H3. The predicted octanol–water partition coefficient (Wildman–Crippen LogP) is 8.58. The molecule has 272 valence electrons. The maximum Gasteiger partial charge on any atom is 0.217 e. The Morgan fingerprint density at radius 3 is 1.78 bits per heavy atom. The van der Waals surface area contributed by atoms with Crippen LogP contribution >= 0.6 is 0 Å². The molecule has 3 nitrogen and oxygen atoms in total. The monoisotopic (exact) mass is 716 g/mol. The van der Waals surface area contributed by atoms with Gasteiger partial charge >= 0.3 is 0 Å². The Hall–Kier alpha value is -5.28. The molecule has 2 aliphatic heterocycles. The summed E-state index contributed by atoms with van der Waals surface area (Å²) in [6.07, 6.45) is 0.841. The summed E-state index contributed by atoms with van der Waals surface area (Å²) in [7, 11) is 0. The number of fused-ring (bicyclic) bond motifs is 11. The number of rotatable bonds is 6. The van der Waals surface area contributed by atoms with Crippen LogP contribution in [0.4, 0.5) is 11.4 Å². The van der Waals surface area contributed by atoms with E-state index >= 15 is 0 Å². The molecule has 0 saturated heterocycles. The number of carbonyl (C=O) groups is 1. The maximum atomic E-state index is 13.9. The predicted molar refractivity (Wildman–Crippen MR) is 235 cm³/mol.